The molecule has 1 fully saturated rings. The smallest absolute Gasteiger partial charge is 0.255 e. The van der Waals surface area contributed by atoms with E-state index < -0.39 is 0 Å². The summed E-state index contributed by atoms with van der Waals surface area (Å²) in [5.41, 5.74) is 6.90. The SMILES string of the molecule is Cc1ccc(O)c(C(=O)NC(CN)C2CC2)c1. The van der Waals surface area contributed by atoms with Gasteiger partial charge in [0.2, 0.25) is 0 Å². The van der Waals surface area contributed by atoms with E-state index in [1.54, 1.807) is 18.2 Å². The molecule has 4 heteroatoms. The van der Waals surface area contributed by atoms with Crippen LogP contribution in [0, 0.1) is 12.8 Å². The van der Waals surface area contributed by atoms with Crippen LogP contribution in [-0.4, -0.2) is 23.6 Å². The Morgan fingerprint density at radius 2 is 2.29 bits per heavy atom. The molecule has 0 aliphatic heterocycles. The van der Waals surface area contributed by atoms with Gasteiger partial charge in [-0.2, -0.15) is 0 Å². The number of carbonyl (C=O) groups is 1. The van der Waals surface area contributed by atoms with Crippen molar-refractivity contribution in [2.75, 3.05) is 6.54 Å². The zero-order valence-electron chi connectivity index (χ0n) is 9.94. The summed E-state index contributed by atoms with van der Waals surface area (Å²) >= 11 is 0. The van der Waals surface area contributed by atoms with Gasteiger partial charge in [-0.3, -0.25) is 4.79 Å². The molecule has 0 bridgehead atoms. The van der Waals surface area contributed by atoms with E-state index in [0.29, 0.717) is 18.0 Å². The van der Waals surface area contributed by atoms with Gasteiger partial charge in [-0.05, 0) is 37.8 Å². The molecule has 17 heavy (non-hydrogen) atoms. The van der Waals surface area contributed by atoms with Crippen molar-refractivity contribution < 1.29 is 9.90 Å². The molecule has 1 unspecified atom stereocenters. The summed E-state index contributed by atoms with van der Waals surface area (Å²) in [5.74, 6) is 0.282. The number of phenolic OH excluding ortho intramolecular Hbond substituents is 1. The van der Waals surface area contributed by atoms with Gasteiger partial charge in [0.1, 0.15) is 5.75 Å². The minimum Gasteiger partial charge on any atom is -0.507 e. The number of aryl methyl sites for hydroxylation is 1. The Bertz CT molecular complexity index is 427. The molecule has 92 valence electrons. The number of amides is 1. The highest BCUT2D eigenvalue weighted by molar-refractivity contribution is 5.97. The van der Waals surface area contributed by atoms with Gasteiger partial charge < -0.3 is 16.2 Å². The van der Waals surface area contributed by atoms with Gasteiger partial charge in [-0.25, -0.2) is 0 Å². The van der Waals surface area contributed by atoms with E-state index in [2.05, 4.69) is 5.32 Å². The summed E-state index contributed by atoms with van der Waals surface area (Å²) in [5, 5.41) is 12.5. The fraction of sp³-hybridized carbons (Fsp3) is 0.462. The maximum absolute atomic E-state index is 12.0. The Hall–Kier alpha value is -1.55. The molecule has 0 heterocycles. The summed E-state index contributed by atoms with van der Waals surface area (Å²) in [6.07, 6.45) is 2.25. The van der Waals surface area contributed by atoms with Crippen molar-refractivity contribution in [1.29, 1.82) is 0 Å². The molecule has 1 aliphatic carbocycles. The summed E-state index contributed by atoms with van der Waals surface area (Å²) in [4.78, 5) is 12.0. The minimum atomic E-state index is -0.242. The molecule has 0 saturated heterocycles. The quantitative estimate of drug-likeness (QED) is 0.732. The van der Waals surface area contributed by atoms with Crippen molar-refractivity contribution >= 4 is 5.91 Å². The third-order valence-corrected chi connectivity index (χ3v) is 3.16. The first-order valence-corrected chi connectivity index (χ1v) is 5.92. The Balaban J connectivity index is 2.10. The van der Waals surface area contributed by atoms with E-state index >= 15 is 0 Å². The highest BCUT2D eigenvalue weighted by Gasteiger charge is 2.31. The lowest BCUT2D eigenvalue weighted by Crippen LogP contribution is -2.41. The van der Waals surface area contributed by atoms with Crippen LogP contribution in [0.3, 0.4) is 0 Å². The monoisotopic (exact) mass is 234 g/mol. The molecule has 4 nitrogen and oxygen atoms in total. The van der Waals surface area contributed by atoms with Crippen LogP contribution >= 0.6 is 0 Å². The third kappa shape index (κ3) is 2.77. The fourth-order valence-corrected chi connectivity index (χ4v) is 1.95. The number of phenols is 1. The van der Waals surface area contributed by atoms with Gasteiger partial charge in [-0.15, -0.1) is 0 Å². The molecule has 1 aromatic rings. The summed E-state index contributed by atoms with van der Waals surface area (Å²) in [7, 11) is 0. The molecule has 0 spiro atoms. The lowest BCUT2D eigenvalue weighted by molar-refractivity contribution is 0.0930. The van der Waals surface area contributed by atoms with Gasteiger partial charge in [0.25, 0.3) is 5.91 Å². The molecule has 0 aromatic heterocycles. The van der Waals surface area contributed by atoms with Gasteiger partial charge in [-0.1, -0.05) is 11.6 Å². The van der Waals surface area contributed by atoms with Crippen LogP contribution in [0.1, 0.15) is 28.8 Å². The molecule has 1 amide bonds. The zero-order valence-corrected chi connectivity index (χ0v) is 9.94. The van der Waals surface area contributed by atoms with Gasteiger partial charge in [0.05, 0.1) is 5.56 Å². The maximum Gasteiger partial charge on any atom is 0.255 e. The molecule has 4 N–H and O–H groups in total. The highest BCUT2D eigenvalue weighted by atomic mass is 16.3. The second-order valence-electron chi connectivity index (χ2n) is 4.67. The number of carbonyl (C=O) groups excluding carboxylic acids is 1. The van der Waals surface area contributed by atoms with Gasteiger partial charge in [0, 0.05) is 12.6 Å². The normalized spacial score (nSPS) is 16.6. The second kappa shape index (κ2) is 4.75. The van der Waals surface area contributed by atoms with Crippen molar-refractivity contribution in [3.8, 4) is 5.75 Å². The largest absolute Gasteiger partial charge is 0.507 e. The van der Waals surface area contributed by atoms with Crippen LogP contribution in [0.15, 0.2) is 18.2 Å². The van der Waals surface area contributed by atoms with Crippen molar-refractivity contribution in [3.63, 3.8) is 0 Å². The number of nitrogens with two attached hydrogens (primary N) is 1. The van der Waals surface area contributed by atoms with Crippen LogP contribution in [0.5, 0.6) is 5.75 Å². The van der Waals surface area contributed by atoms with Crippen LogP contribution in [0.4, 0.5) is 0 Å². The van der Waals surface area contributed by atoms with E-state index in [0.717, 1.165) is 18.4 Å². The molecule has 0 radical (unpaired) electrons. The van der Waals surface area contributed by atoms with Gasteiger partial charge >= 0.3 is 0 Å². The molecular formula is C13H18N2O2. The Labute approximate surface area is 101 Å². The van der Waals surface area contributed by atoms with Crippen LogP contribution < -0.4 is 11.1 Å². The average molecular weight is 234 g/mol. The summed E-state index contributed by atoms with van der Waals surface area (Å²) in [6, 6.07) is 5.03. The highest BCUT2D eigenvalue weighted by Crippen LogP contribution is 2.32. The summed E-state index contributed by atoms with van der Waals surface area (Å²) < 4.78 is 0. The molecule has 1 aliphatic rings. The zero-order chi connectivity index (χ0) is 12.4. The maximum atomic E-state index is 12.0. The van der Waals surface area contributed by atoms with Crippen molar-refractivity contribution in [2.45, 2.75) is 25.8 Å². The first kappa shape index (κ1) is 11.9. The average Bonchev–Trinajstić information content (AvgIpc) is 3.13. The lowest BCUT2D eigenvalue weighted by Gasteiger charge is -2.16. The second-order valence-corrected chi connectivity index (χ2v) is 4.67. The number of hydrogen-bond donors (Lipinski definition) is 3. The molecule has 1 aromatic carbocycles. The molecular weight excluding hydrogens is 216 g/mol. The Kier molecular flexibility index (Phi) is 3.33. The fourth-order valence-electron chi connectivity index (χ4n) is 1.95. The van der Waals surface area contributed by atoms with Crippen molar-refractivity contribution in [2.24, 2.45) is 11.7 Å². The lowest BCUT2D eigenvalue weighted by atomic mass is 10.1. The molecule has 1 saturated carbocycles. The predicted octanol–water partition coefficient (Wildman–Crippen LogP) is 1.17. The van der Waals surface area contributed by atoms with Crippen LogP contribution in [0.2, 0.25) is 0 Å². The Morgan fingerprint density at radius 3 is 2.88 bits per heavy atom. The van der Waals surface area contributed by atoms with E-state index in [4.69, 9.17) is 5.73 Å². The number of benzene rings is 1. The van der Waals surface area contributed by atoms with E-state index in [-0.39, 0.29) is 17.7 Å². The predicted molar refractivity (Wildman–Crippen MR) is 65.9 cm³/mol. The van der Waals surface area contributed by atoms with E-state index in [9.17, 15) is 9.90 Å². The summed E-state index contributed by atoms with van der Waals surface area (Å²) in [6.45, 7) is 2.33. The molecule has 1 atom stereocenters. The standard InChI is InChI=1S/C13H18N2O2/c1-8-2-5-12(16)10(6-8)13(17)15-11(7-14)9-3-4-9/h2,5-6,9,11,16H,3-4,7,14H2,1H3,(H,15,17). The van der Waals surface area contributed by atoms with E-state index in [1.165, 1.54) is 0 Å². The van der Waals surface area contributed by atoms with Crippen LogP contribution in [-0.2, 0) is 0 Å². The van der Waals surface area contributed by atoms with Gasteiger partial charge in [0.15, 0.2) is 0 Å². The first-order chi connectivity index (χ1) is 8.11. The number of rotatable bonds is 4. The van der Waals surface area contributed by atoms with Crippen molar-refractivity contribution in [1.82, 2.24) is 5.32 Å². The number of hydrogen-bond acceptors (Lipinski definition) is 3. The molecule has 2 rings (SSSR count). The number of nitrogens with one attached hydrogen (secondary N) is 1. The third-order valence-electron chi connectivity index (χ3n) is 3.16. The van der Waals surface area contributed by atoms with E-state index in [1.807, 2.05) is 6.92 Å². The topological polar surface area (TPSA) is 75.3 Å². The van der Waals surface area contributed by atoms with Crippen molar-refractivity contribution in [3.05, 3.63) is 29.3 Å². The van der Waals surface area contributed by atoms with Crippen LogP contribution in [0.25, 0.3) is 0 Å². The first-order valence-electron chi connectivity index (χ1n) is 5.92. The number of aromatic hydroxyl groups is 1. The Morgan fingerprint density at radius 1 is 1.59 bits per heavy atom. The minimum absolute atomic E-state index is 0.0136.